The first-order valence-electron chi connectivity index (χ1n) is 9.59. The van der Waals surface area contributed by atoms with Crippen LogP contribution in [0.1, 0.15) is 23.7 Å². The van der Waals surface area contributed by atoms with E-state index in [2.05, 4.69) is 10.2 Å². The molecule has 0 amide bonds. The summed E-state index contributed by atoms with van der Waals surface area (Å²) < 4.78 is 14.1. The summed E-state index contributed by atoms with van der Waals surface area (Å²) in [7, 11) is 0. The number of fused-ring (bicyclic) bond motifs is 4. The van der Waals surface area contributed by atoms with Crippen molar-refractivity contribution in [2.45, 2.75) is 25.0 Å². The Balaban J connectivity index is 1.51. The lowest BCUT2D eigenvalue weighted by molar-refractivity contribution is 0.102. The van der Waals surface area contributed by atoms with Gasteiger partial charge in [0.25, 0.3) is 5.56 Å². The average molecular weight is 422 g/mol. The molecule has 152 valence electrons. The molecule has 1 aliphatic heterocycles. The molecule has 0 unspecified atom stereocenters. The monoisotopic (exact) mass is 422 g/mol. The Morgan fingerprint density at radius 1 is 1.13 bits per heavy atom. The third-order valence-electron chi connectivity index (χ3n) is 4.95. The van der Waals surface area contributed by atoms with Crippen molar-refractivity contribution >= 4 is 34.2 Å². The highest BCUT2D eigenvalue weighted by Crippen LogP contribution is 2.33. The number of thioether (sulfide) groups is 1. The van der Waals surface area contributed by atoms with Crippen LogP contribution in [0, 0.1) is 0 Å². The van der Waals surface area contributed by atoms with E-state index in [1.54, 1.807) is 28.8 Å². The number of nitrogens with zero attached hydrogens (tertiary/aromatic N) is 4. The van der Waals surface area contributed by atoms with Gasteiger partial charge in [0, 0.05) is 12.1 Å². The number of ketones is 1. The van der Waals surface area contributed by atoms with E-state index < -0.39 is 0 Å². The Morgan fingerprint density at radius 3 is 2.83 bits per heavy atom. The Morgan fingerprint density at radius 2 is 1.97 bits per heavy atom. The minimum atomic E-state index is -0.0830. The van der Waals surface area contributed by atoms with Gasteiger partial charge in [-0.3, -0.25) is 18.6 Å². The largest absolute Gasteiger partial charge is 0.454 e. The number of hydrogen-bond acceptors (Lipinski definition) is 7. The number of ether oxygens (including phenoxy) is 2. The van der Waals surface area contributed by atoms with Gasteiger partial charge in [-0.2, -0.15) is 0 Å². The quantitative estimate of drug-likeness (QED) is 0.348. The predicted octanol–water partition coefficient (Wildman–Crippen LogP) is 3.16. The standard InChI is InChI=1S/C21H18N4O4S/c1-2-9-24-19(27)14-5-3-4-6-15(14)25-20(24)22-23-21(25)30-11-16(26)13-7-8-17-18(10-13)29-12-28-17/h3-8,10H,2,9,11-12H2,1H3. The molecule has 0 saturated carbocycles. The zero-order valence-corrected chi connectivity index (χ0v) is 17.0. The topological polar surface area (TPSA) is 87.7 Å². The zero-order chi connectivity index (χ0) is 20.7. The lowest BCUT2D eigenvalue weighted by atomic mass is 10.1. The molecule has 0 bridgehead atoms. The minimum absolute atomic E-state index is 0.0544. The molecule has 0 saturated heterocycles. The molecule has 0 atom stereocenters. The molecule has 5 rings (SSSR count). The summed E-state index contributed by atoms with van der Waals surface area (Å²) >= 11 is 1.29. The Kier molecular flexibility index (Phi) is 4.66. The van der Waals surface area contributed by atoms with Crippen molar-refractivity contribution in [2.24, 2.45) is 0 Å². The van der Waals surface area contributed by atoms with Gasteiger partial charge in [0.2, 0.25) is 12.6 Å². The van der Waals surface area contributed by atoms with Crippen LogP contribution in [0.2, 0.25) is 0 Å². The molecule has 1 aliphatic rings. The maximum Gasteiger partial charge on any atom is 0.262 e. The van der Waals surface area contributed by atoms with Crippen molar-refractivity contribution in [3.63, 3.8) is 0 Å². The number of carbonyl (C=O) groups is 1. The van der Waals surface area contributed by atoms with Gasteiger partial charge in [-0.15, -0.1) is 10.2 Å². The summed E-state index contributed by atoms with van der Waals surface area (Å²) in [5.41, 5.74) is 1.20. The van der Waals surface area contributed by atoms with E-state index in [0.717, 1.165) is 11.9 Å². The minimum Gasteiger partial charge on any atom is -0.454 e. The van der Waals surface area contributed by atoms with Crippen LogP contribution < -0.4 is 15.0 Å². The van der Waals surface area contributed by atoms with Gasteiger partial charge < -0.3 is 9.47 Å². The average Bonchev–Trinajstić information content (AvgIpc) is 3.41. The number of para-hydroxylation sites is 1. The van der Waals surface area contributed by atoms with Crippen LogP contribution >= 0.6 is 11.8 Å². The van der Waals surface area contributed by atoms with Crippen molar-refractivity contribution in [3.8, 4) is 11.5 Å². The van der Waals surface area contributed by atoms with Gasteiger partial charge in [-0.05, 0) is 36.8 Å². The van der Waals surface area contributed by atoms with Gasteiger partial charge in [-0.25, -0.2) is 0 Å². The molecule has 3 heterocycles. The molecular weight excluding hydrogens is 404 g/mol. The first-order chi connectivity index (χ1) is 14.7. The molecule has 4 aromatic rings. The Labute approximate surface area is 175 Å². The van der Waals surface area contributed by atoms with Crippen LogP contribution in [-0.2, 0) is 6.54 Å². The van der Waals surface area contributed by atoms with E-state index in [1.807, 2.05) is 29.5 Å². The van der Waals surface area contributed by atoms with Gasteiger partial charge in [0.15, 0.2) is 22.4 Å². The normalized spacial score (nSPS) is 12.7. The Bertz CT molecular complexity index is 1340. The molecule has 30 heavy (non-hydrogen) atoms. The highest BCUT2D eigenvalue weighted by Gasteiger charge is 2.19. The van der Waals surface area contributed by atoms with Crippen LogP contribution in [-0.4, -0.2) is 37.5 Å². The van der Waals surface area contributed by atoms with Crippen molar-refractivity contribution < 1.29 is 14.3 Å². The lowest BCUT2D eigenvalue weighted by Crippen LogP contribution is -2.23. The summed E-state index contributed by atoms with van der Waals surface area (Å²) in [5, 5.41) is 9.69. The highest BCUT2D eigenvalue weighted by molar-refractivity contribution is 7.99. The number of benzene rings is 2. The SMILES string of the molecule is CCCn1c(=O)c2ccccc2n2c(SCC(=O)c3ccc4c(c3)OCO4)nnc12. The first-order valence-corrected chi connectivity index (χ1v) is 10.6. The molecule has 8 nitrogen and oxygen atoms in total. The summed E-state index contributed by atoms with van der Waals surface area (Å²) in [5.74, 6) is 1.83. The summed E-state index contributed by atoms with van der Waals surface area (Å²) in [6, 6.07) is 12.5. The number of rotatable bonds is 6. The third kappa shape index (κ3) is 3.02. The van der Waals surface area contributed by atoms with E-state index in [0.29, 0.717) is 39.9 Å². The number of aromatic nitrogens is 4. The molecule has 2 aromatic carbocycles. The second kappa shape index (κ2) is 7.49. The molecule has 0 spiro atoms. The third-order valence-corrected chi connectivity index (χ3v) is 5.88. The van der Waals surface area contributed by atoms with Crippen molar-refractivity contribution in [1.29, 1.82) is 0 Å². The summed E-state index contributed by atoms with van der Waals surface area (Å²) in [6.45, 7) is 2.72. The van der Waals surface area contributed by atoms with Crippen molar-refractivity contribution in [1.82, 2.24) is 19.2 Å². The second-order valence-corrected chi connectivity index (χ2v) is 7.81. The van der Waals surface area contributed by atoms with Gasteiger partial charge >= 0.3 is 0 Å². The lowest BCUT2D eigenvalue weighted by Gasteiger charge is -2.10. The van der Waals surface area contributed by atoms with E-state index in [9.17, 15) is 9.59 Å². The number of Topliss-reactive ketones (excluding diaryl/α,β-unsaturated/α-hetero) is 1. The maximum absolute atomic E-state index is 12.9. The predicted molar refractivity (Wildman–Crippen MR) is 113 cm³/mol. The van der Waals surface area contributed by atoms with Crippen LogP contribution in [0.15, 0.2) is 52.4 Å². The van der Waals surface area contributed by atoms with Crippen LogP contribution in [0.5, 0.6) is 11.5 Å². The van der Waals surface area contributed by atoms with Crippen LogP contribution in [0.4, 0.5) is 0 Å². The van der Waals surface area contributed by atoms with E-state index in [4.69, 9.17) is 9.47 Å². The molecular formula is C21H18N4O4S. The molecule has 9 heteroatoms. The van der Waals surface area contributed by atoms with Crippen LogP contribution in [0.3, 0.4) is 0 Å². The molecule has 0 fully saturated rings. The van der Waals surface area contributed by atoms with Gasteiger partial charge in [0.05, 0.1) is 16.7 Å². The van der Waals surface area contributed by atoms with E-state index >= 15 is 0 Å². The fourth-order valence-electron chi connectivity index (χ4n) is 3.54. The van der Waals surface area contributed by atoms with Crippen LogP contribution in [0.25, 0.3) is 16.7 Å². The number of hydrogen-bond donors (Lipinski definition) is 0. The smallest absolute Gasteiger partial charge is 0.262 e. The Hall–Kier alpha value is -3.33. The maximum atomic E-state index is 12.9. The molecule has 2 aromatic heterocycles. The fourth-order valence-corrected chi connectivity index (χ4v) is 4.37. The first kappa shape index (κ1) is 18.7. The fraction of sp³-hybridized carbons (Fsp3) is 0.238. The molecule has 0 N–H and O–H groups in total. The summed E-state index contributed by atoms with van der Waals surface area (Å²) in [6.07, 6.45) is 0.797. The van der Waals surface area contributed by atoms with Gasteiger partial charge in [0.1, 0.15) is 0 Å². The van der Waals surface area contributed by atoms with E-state index in [1.165, 1.54) is 11.8 Å². The second-order valence-electron chi connectivity index (χ2n) is 6.87. The number of carbonyl (C=O) groups excluding carboxylic acids is 1. The van der Waals surface area contributed by atoms with E-state index in [-0.39, 0.29) is 23.9 Å². The molecule has 0 radical (unpaired) electrons. The van der Waals surface area contributed by atoms with Gasteiger partial charge in [-0.1, -0.05) is 30.8 Å². The van der Waals surface area contributed by atoms with Crippen molar-refractivity contribution in [2.75, 3.05) is 12.5 Å². The molecule has 0 aliphatic carbocycles. The zero-order valence-electron chi connectivity index (χ0n) is 16.2. The number of aryl methyl sites for hydroxylation is 1. The highest BCUT2D eigenvalue weighted by atomic mass is 32.2. The summed E-state index contributed by atoms with van der Waals surface area (Å²) in [4.78, 5) is 25.6. The van der Waals surface area contributed by atoms with Crippen molar-refractivity contribution in [3.05, 3.63) is 58.4 Å².